The monoisotopic (exact) mass is 294 g/mol. The summed E-state index contributed by atoms with van der Waals surface area (Å²) in [5.41, 5.74) is 0.996. The average Bonchev–Trinajstić information content (AvgIpc) is 2.50. The smallest absolute Gasteiger partial charge is 0.337 e. The van der Waals surface area contributed by atoms with Crippen LogP contribution >= 0.6 is 0 Å². The largest absolute Gasteiger partial charge is 0.465 e. The minimum absolute atomic E-state index is 0.101. The molecule has 116 valence electrons. The molecule has 6 heteroatoms. The van der Waals surface area contributed by atoms with Crippen molar-refractivity contribution in [2.75, 3.05) is 39.2 Å². The molecule has 0 heterocycles. The van der Waals surface area contributed by atoms with Crippen LogP contribution in [0.5, 0.6) is 0 Å². The van der Waals surface area contributed by atoms with E-state index in [9.17, 15) is 9.59 Å². The molecule has 0 atom stereocenters. The molecule has 1 aromatic rings. The van der Waals surface area contributed by atoms with E-state index in [0.29, 0.717) is 30.8 Å². The van der Waals surface area contributed by atoms with Gasteiger partial charge in [-0.25, -0.2) is 4.79 Å². The van der Waals surface area contributed by atoms with Gasteiger partial charge >= 0.3 is 5.97 Å². The molecular formula is C15H22N2O4. The molecule has 0 radical (unpaired) electrons. The maximum atomic E-state index is 11.8. The Bertz CT molecular complexity index is 463. The average molecular weight is 294 g/mol. The second kappa shape index (κ2) is 9.90. The molecule has 1 amide bonds. The summed E-state index contributed by atoms with van der Waals surface area (Å²) < 4.78 is 9.57. The Morgan fingerprint density at radius 3 is 2.71 bits per heavy atom. The maximum absolute atomic E-state index is 11.8. The summed E-state index contributed by atoms with van der Waals surface area (Å²) in [4.78, 5) is 23.2. The number of carbonyl (C=O) groups excluding carboxylic acids is 2. The highest BCUT2D eigenvalue weighted by Gasteiger charge is 2.07. The van der Waals surface area contributed by atoms with Gasteiger partial charge in [0.05, 0.1) is 12.7 Å². The van der Waals surface area contributed by atoms with Gasteiger partial charge in [-0.2, -0.15) is 0 Å². The molecule has 0 aliphatic heterocycles. The lowest BCUT2D eigenvalue weighted by Gasteiger charge is -2.07. The fourth-order valence-electron chi connectivity index (χ4n) is 1.73. The van der Waals surface area contributed by atoms with Gasteiger partial charge < -0.3 is 20.1 Å². The van der Waals surface area contributed by atoms with Crippen LogP contribution in [0.15, 0.2) is 24.3 Å². The highest BCUT2D eigenvalue weighted by atomic mass is 16.5. The van der Waals surface area contributed by atoms with Crippen LogP contribution in [0.25, 0.3) is 0 Å². The predicted molar refractivity (Wildman–Crippen MR) is 80.4 cm³/mol. The highest BCUT2D eigenvalue weighted by molar-refractivity contribution is 5.94. The van der Waals surface area contributed by atoms with Gasteiger partial charge in [0.1, 0.15) is 0 Å². The molecule has 0 bridgehead atoms. The normalized spacial score (nSPS) is 10.2. The number of rotatable bonds is 9. The first kappa shape index (κ1) is 17.1. The lowest BCUT2D eigenvalue weighted by atomic mass is 10.2. The molecule has 0 aliphatic rings. The van der Waals surface area contributed by atoms with E-state index >= 15 is 0 Å². The molecular weight excluding hydrogens is 272 g/mol. The quantitative estimate of drug-likeness (QED) is 0.532. The summed E-state index contributed by atoms with van der Waals surface area (Å²) in [5, 5.41) is 5.91. The Balaban J connectivity index is 2.32. The highest BCUT2D eigenvalue weighted by Crippen LogP contribution is 2.11. The zero-order chi connectivity index (χ0) is 15.5. The standard InChI is InChI=1S/C15H22N2O4/c1-20-10-4-8-16-9-7-14(18)17-13-6-3-5-12(11-13)15(19)21-2/h3,5-6,11,16H,4,7-10H2,1-2H3,(H,17,18). The molecule has 21 heavy (non-hydrogen) atoms. The van der Waals surface area contributed by atoms with E-state index in [1.165, 1.54) is 7.11 Å². The lowest BCUT2D eigenvalue weighted by molar-refractivity contribution is -0.116. The number of hydrogen-bond acceptors (Lipinski definition) is 5. The fourth-order valence-corrected chi connectivity index (χ4v) is 1.73. The number of esters is 1. The van der Waals surface area contributed by atoms with Crippen molar-refractivity contribution >= 4 is 17.6 Å². The molecule has 0 aliphatic carbocycles. The number of nitrogens with one attached hydrogen (secondary N) is 2. The van der Waals surface area contributed by atoms with E-state index in [-0.39, 0.29) is 5.91 Å². The Hall–Kier alpha value is -1.92. The van der Waals surface area contributed by atoms with E-state index < -0.39 is 5.97 Å². The van der Waals surface area contributed by atoms with Crippen LogP contribution in [0.1, 0.15) is 23.2 Å². The van der Waals surface area contributed by atoms with Crippen LogP contribution < -0.4 is 10.6 Å². The van der Waals surface area contributed by atoms with E-state index in [1.54, 1.807) is 31.4 Å². The summed E-state index contributed by atoms with van der Waals surface area (Å²) in [6, 6.07) is 6.66. The van der Waals surface area contributed by atoms with Gasteiger partial charge in [-0.1, -0.05) is 6.07 Å². The SMILES string of the molecule is COCCCNCCC(=O)Nc1cccc(C(=O)OC)c1. The third-order valence-electron chi connectivity index (χ3n) is 2.80. The maximum Gasteiger partial charge on any atom is 0.337 e. The summed E-state index contributed by atoms with van der Waals surface area (Å²) >= 11 is 0. The van der Waals surface area contributed by atoms with E-state index in [4.69, 9.17) is 4.74 Å². The molecule has 0 fully saturated rings. The Labute approximate surface area is 124 Å². The second-order valence-corrected chi connectivity index (χ2v) is 4.47. The van der Waals surface area contributed by atoms with Gasteiger partial charge in [0, 0.05) is 32.4 Å². The van der Waals surface area contributed by atoms with Crippen molar-refractivity contribution < 1.29 is 19.1 Å². The van der Waals surface area contributed by atoms with Gasteiger partial charge in [0.2, 0.25) is 5.91 Å². The van der Waals surface area contributed by atoms with Crippen molar-refractivity contribution in [3.63, 3.8) is 0 Å². The van der Waals surface area contributed by atoms with Crippen LogP contribution in [0, 0.1) is 0 Å². The molecule has 1 rings (SSSR count). The molecule has 0 saturated carbocycles. The number of amides is 1. The first-order valence-corrected chi connectivity index (χ1v) is 6.85. The molecule has 1 aromatic carbocycles. The third-order valence-corrected chi connectivity index (χ3v) is 2.80. The molecule has 0 spiro atoms. The van der Waals surface area contributed by atoms with Gasteiger partial charge in [-0.05, 0) is 31.2 Å². The topological polar surface area (TPSA) is 76.7 Å². The van der Waals surface area contributed by atoms with Gasteiger partial charge in [-0.15, -0.1) is 0 Å². The molecule has 0 saturated heterocycles. The molecule has 6 nitrogen and oxygen atoms in total. The van der Waals surface area contributed by atoms with Crippen molar-refractivity contribution in [2.24, 2.45) is 0 Å². The zero-order valence-electron chi connectivity index (χ0n) is 12.5. The van der Waals surface area contributed by atoms with Crippen LogP contribution in [-0.4, -0.2) is 45.8 Å². The van der Waals surface area contributed by atoms with Gasteiger partial charge in [-0.3, -0.25) is 4.79 Å². The Morgan fingerprint density at radius 1 is 1.19 bits per heavy atom. The van der Waals surface area contributed by atoms with Crippen molar-refractivity contribution in [2.45, 2.75) is 12.8 Å². The second-order valence-electron chi connectivity index (χ2n) is 4.47. The van der Waals surface area contributed by atoms with Gasteiger partial charge in [0.25, 0.3) is 0 Å². The van der Waals surface area contributed by atoms with Crippen molar-refractivity contribution in [1.29, 1.82) is 0 Å². The van der Waals surface area contributed by atoms with E-state index in [1.807, 2.05) is 0 Å². The number of methoxy groups -OCH3 is 2. The molecule has 0 unspecified atom stereocenters. The van der Waals surface area contributed by atoms with Crippen LogP contribution in [-0.2, 0) is 14.3 Å². The minimum Gasteiger partial charge on any atom is -0.465 e. The fraction of sp³-hybridized carbons (Fsp3) is 0.467. The van der Waals surface area contributed by atoms with Crippen molar-refractivity contribution in [3.05, 3.63) is 29.8 Å². The predicted octanol–water partition coefficient (Wildman–Crippen LogP) is 1.43. The summed E-state index contributed by atoms with van der Waals surface area (Å²) in [5.74, 6) is -0.526. The minimum atomic E-state index is -0.425. The van der Waals surface area contributed by atoms with Gasteiger partial charge in [0.15, 0.2) is 0 Å². The number of benzene rings is 1. The molecule has 2 N–H and O–H groups in total. The van der Waals surface area contributed by atoms with Crippen LogP contribution in [0.3, 0.4) is 0 Å². The van der Waals surface area contributed by atoms with Crippen molar-refractivity contribution in [1.82, 2.24) is 5.32 Å². The lowest BCUT2D eigenvalue weighted by Crippen LogP contribution is -2.23. The summed E-state index contributed by atoms with van der Waals surface area (Å²) in [6.07, 6.45) is 1.29. The zero-order valence-corrected chi connectivity index (χ0v) is 12.5. The summed E-state index contributed by atoms with van der Waals surface area (Å²) in [7, 11) is 2.98. The number of ether oxygens (including phenoxy) is 2. The summed E-state index contributed by atoms with van der Waals surface area (Å²) in [6.45, 7) is 2.13. The first-order valence-electron chi connectivity index (χ1n) is 6.85. The number of carbonyl (C=O) groups is 2. The third kappa shape index (κ3) is 6.87. The van der Waals surface area contributed by atoms with Crippen molar-refractivity contribution in [3.8, 4) is 0 Å². The number of anilines is 1. The van der Waals surface area contributed by atoms with E-state index in [0.717, 1.165) is 13.0 Å². The van der Waals surface area contributed by atoms with E-state index in [2.05, 4.69) is 15.4 Å². The molecule has 0 aromatic heterocycles. The Kier molecular flexibility index (Phi) is 8.08. The Morgan fingerprint density at radius 2 is 2.00 bits per heavy atom. The van der Waals surface area contributed by atoms with Crippen LogP contribution in [0.4, 0.5) is 5.69 Å². The number of hydrogen-bond donors (Lipinski definition) is 2. The first-order chi connectivity index (χ1) is 10.2. The van der Waals surface area contributed by atoms with Crippen LogP contribution in [0.2, 0.25) is 0 Å².